The maximum Gasteiger partial charge on any atom is 0.226 e. The van der Waals surface area contributed by atoms with Crippen molar-refractivity contribution in [2.75, 3.05) is 22.5 Å². The number of aryl methyl sites for hydroxylation is 2. The van der Waals surface area contributed by atoms with E-state index < -0.39 is 0 Å². The molecular weight excluding hydrogens is 306 g/mol. The molecule has 3 N–H and O–H groups in total. The molecule has 0 spiro atoms. The van der Waals surface area contributed by atoms with Crippen molar-refractivity contribution in [2.24, 2.45) is 0 Å². The van der Waals surface area contributed by atoms with Crippen LogP contribution in [-0.4, -0.2) is 28.3 Å². The minimum absolute atomic E-state index is 0.112. The molecule has 0 unspecified atom stereocenters. The zero-order chi connectivity index (χ0) is 17.5. The molecule has 0 aliphatic carbocycles. The molecule has 1 heterocycles. The molecule has 0 bridgehead atoms. The molecule has 1 aromatic carbocycles. The summed E-state index contributed by atoms with van der Waals surface area (Å²) < 4.78 is 0. The molecule has 0 fully saturated rings. The Morgan fingerprint density at radius 2 is 1.50 bits per heavy atom. The fourth-order valence-electron chi connectivity index (χ4n) is 2.16. The Hall–Kier alpha value is -2.96. The lowest BCUT2D eigenvalue weighted by Crippen LogP contribution is -2.17. The van der Waals surface area contributed by atoms with Gasteiger partial charge in [-0.3, -0.25) is 9.59 Å². The van der Waals surface area contributed by atoms with Crippen molar-refractivity contribution in [1.82, 2.24) is 9.97 Å². The van der Waals surface area contributed by atoms with Crippen LogP contribution in [0.4, 0.5) is 17.3 Å². The maximum absolute atomic E-state index is 11.9. The summed E-state index contributed by atoms with van der Waals surface area (Å²) in [6, 6.07) is 8.84. The minimum Gasteiger partial charge on any atom is -0.354 e. The van der Waals surface area contributed by atoms with Gasteiger partial charge < -0.3 is 16.0 Å². The van der Waals surface area contributed by atoms with E-state index in [1.807, 2.05) is 19.9 Å². The van der Waals surface area contributed by atoms with Gasteiger partial charge in [-0.05, 0) is 44.2 Å². The Balaban J connectivity index is 1.79. The summed E-state index contributed by atoms with van der Waals surface area (Å²) in [7, 11) is 0. The third kappa shape index (κ3) is 5.68. The zero-order valence-electron chi connectivity index (χ0n) is 14.0. The van der Waals surface area contributed by atoms with E-state index in [9.17, 15) is 9.59 Å². The van der Waals surface area contributed by atoms with Crippen LogP contribution in [0.1, 0.15) is 24.7 Å². The van der Waals surface area contributed by atoms with Gasteiger partial charge in [-0.25, -0.2) is 9.97 Å². The van der Waals surface area contributed by atoms with E-state index in [-0.39, 0.29) is 11.8 Å². The Labute approximate surface area is 140 Å². The number of carbonyl (C=O) groups excluding carboxylic acids is 2. The average molecular weight is 327 g/mol. The first-order valence-corrected chi connectivity index (χ1v) is 7.66. The lowest BCUT2D eigenvalue weighted by molar-refractivity contribution is -0.116. The highest BCUT2D eigenvalue weighted by molar-refractivity contribution is 5.92. The van der Waals surface area contributed by atoms with Crippen LogP contribution >= 0.6 is 0 Å². The van der Waals surface area contributed by atoms with Crippen molar-refractivity contribution >= 4 is 29.1 Å². The fourth-order valence-corrected chi connectivity index (χ4v) is 2.16. The molecule has 0 aliphatic rings. The van der Waals surface area contributed by atoms with E-state index in [2.05, 4.69) is 25.9 Å². The zero-order valence-corrected chi connectivity index (χ0v) is 14.0. The molecule has 126 valence electrons. The second-order valence-corrected chi connectivity index (χ2v) is 5.46. The number of hydrogen-bond acceptors (Lipinski definition) is 5. The van der Waals surface area contributed by atoms with Crippen molar-refractivity contribution in [3.05, 3.63) is 41.7 Å². The van der Waals surface area contributed by atoms with Crippen LogP contribution in [0.5, 0.6) is 0 Å². The predicted octanol–water partition coefficient (Wildman–Crippen LogP) is 2.49. The van der Waals surface area contributed by atoms with Crippen LogP contribution in [0.25, 0.3) is 0 Å². The molecule has 24 heavy (non-hydrogen) atoms. The first-order chi connectivity index (χ1) is 11.4. The van der Waals surface area contributed by atoms with Crippen molar-refractivity contribution in [3.63, 3.8) is 0 Å². The van der Waals surface area contributed by atoms with Crippen molar-refractivity contribution in [1.29, 1.82) is 0 Å². The second kappa shape index (κ2) is 8.05. The quantitative estimate of drug-likeness (QED) is 0.757. The van der Waals surface area contributed by atoms with Crippen molar-refractivity contribution in [2.45, 2.75) is 27.2 Å². The fraction of sp³-hybridized carbons (Fsp3) is 0.294. The molecule has 2 aromatic rings. The van der Waals surface area contributed by atoms with Gasteiger partial charge in [-0.15, -0.1) is 0 Å². The summed E-state index contributed by atoms with van der Waals surface area (Å²) in [6.07, 6.45) is 0.295. The molecular formula is C17H21N5O2. The topological polar surface area (TPSA) is 96.0 Å². The summed E-state index contributed by atoms with van der Waals surface area (Å²) in [5.41, 5.74) is 3.13. The Kier molecular flexibility index (Phi) is 5.83. The predicted molar refractivity (Wildman–Crippen MR) is 94.0 cm³/mol. The Morgan fingerprint density at radius 1 is 0.958 bits per heavy atom. The lowest BCUT2D eigenvalue weighted by Gasteiger charge is -2.08. The van der Waals surface area contributed by atoms with E-state index in [1.165, 1.54) is 6.92 Å². The second-order valence-electron chi connectivity index (χ2n) is 5.46. The van der Waals surface area contributed by atoms with E-state index in [0.717, 1.165) is 11.4 Å². The number of hydrogen-bond donors (Lipinski definition) is 3. The van der Waals surface area contributed by atoms with Crippen LogP contribution in [-0.2, 0) is 9.59 Å². The molecule has 2 rings (SSSR count). The highest BCUT2D eigenvalue weighted by atomic mass is 16.2. The minimum atomic E-state index is -0.133. The Bertz CT molecular complexity index is 708. The molecule has 0 aliphatic heterocycles. The van der Waals surface area contributed by atoms with E-state index in [4.69, 9.17) is 0 Å². The molecule has 7 nitrogen and oxygen atoms in total. The number of anilines is 3. The van der Waals surface area contributed by atoms with Crippen LogP contribution < -0.4 is 16.0 Å². The van der Waals surface area contributed by atoms with Crippen LogP contribution in [0.2, 0.25) is 0 Å². The third-order valence-corrected chi connectivity index (χ3v) is 3.11. The molecule has 0 radical (unpaired) electrons. The van der Waals surface area contributed by atoms with Gasteiger partial charge in [0.15, 0.2) is 0 Å². The molecule has 0 saturated heterocycles. The first-order valence-electron chi connectivity index (χ1n) is 7.66. The van der Waals surface area contributed by atoms with Gasteiger partial charge in [-0.2, -0.15) is 0 Å². The molecule has 1 aromatic heterocycles. The number of amides is 2. The van der Waals surface area contributed by atoms with Gasteiger partial charge in [0.05, 0.1) is 0 Å². The summed E-state index contributed by atoms with van der Waals surface area (Å²) in [5.74, 6) is 0.283. The van der Waals surface area contributed by atoms with Crippen LogP contribution in [0, 0.1) is 13.8 Å². The smallest absolute Gasteiger partial charge is 0.226 e. The molecule has 7 heteroatoms. The lowest BCUT2D eigenvalue weighted by atomic mass is 10.2. The van der Waals surface area contributed by atoms with Crippen molar-refractivity contribution in [3.8, 4) is 0 Å². The van der Waals surface area contributed by atoms with Gasteiger partial charge in [0, 0.05) is 42.7 Å². The van der Waals surface area contributed by atoms with Gasteiger partial charge in [0.1, 0.15) is 0 Å². The van der Waals surface area contributed by atoms with Gasteiger partial charge in [0.25, 0.3) is 0 Å². The molecule has 2 amide bonds. The number of aromatic nitrogens is 2. The Morgan fingerprint density at radius 3 is 2.04 bits per heavy atom. The van der Waals surface area contributed by atoms with E-state index >= 15 is 0 Å². The largest absolute Gasteiger partial charge is 0.354 e. The monoisotopic (exact) mass is 327 g/mol. The van der Waals surface area contributed by atoms with E-state index in [0.29, 0.717) is 30.3 Å². The van der Waals surface area contributed by atoms with Crippen LogP contribution in [0.15, 0.2) is 30.3 Å². The number of nitrogens with one attached hydrogen (secondary N) is 3. The van der Waals surface area contributed by atoms with Gasteiger partial charge in [0.2, 0.25) is 17.8 Å². The highest BCUT2D eigenvalue weighted by Crippen LogP contribution is 2.13. The average Bonchev–Trinajstić information content (AvgIpc) is 2.48. The highest BCUT2D eigenvalue weighted by Gasteiger charge is 2.04. The van der Waals surface area contributed by atoms with Gasteiger partial charge >= 0.3 is 0 Å². The summed E-state index contributed by atoms with van der Waals surface area (Å²) in [4.78, 5) is 31.4. The number of nitrogens with zero attached hydrogens (tertiary/aromatic N) is 2. The molecule has 0 saturated carbocycles. The summed E-state index contributed by atoms with van der Waals surface area (Å²) in [5, 5.41) is 8.51. The number of rotatable bonds is 6. The normalized spacial score (nSPS) is 10.1. The maximum atomic E-state index is 11.9. The first kappa shape index (κ1) is 17.4. The summed E-state index contributed by atoms with van der Waals surface area (Å²) >= 11 is 0. The summed E-state index contributed by atoms with van der Waals surface area (Å²) in [6.45, 7) is 5.69. The third-order valence-electron chi connectivity index (χ3n) is 3.11. The number of benzene rings is 1. The van der Waals surface area contributed by atoms with E-state index in [1.54, 1.807) is 24.3 Å². The standard InChI is InChI=1S/C17H21N5O2/c1-11-10-12(2)20-17(19-11)18-9-8-16(24)22-15-6-4-14(5-7-15)21-13(3)23/h4-7,10H,8-9H2,1-3H3,(H,21,23)(H,22,24)(H,18,19,20). The number of carbonyl (C=O) groups is 2. The van der Waals surface area contributed by atoms with Crippen molar-refractivity contribution < 1.29 is 9.59 Å². The van der Waals surface area contributed by atoms with Gasteiger partial charge in [-0.1, -0.05) is 0 Å². The molecule has 0 atom stereocenters. The van der Waals surface area contributed by atoms with Crippen LogP contribution in [0.3, 0.4) is 0 Å². The SMILES string of the molecule is CC(=O)Nc1ccc(NC(=O)CCNc2nc(C)cc(C)n2)cc1.